The van der Waals surface area contributed by atoms with Gasteiger partial charge < -0.3 is 4.90 Å². The average Bonchev–Trinajstić information content (AvgIpc) is 3.18. The lowest BCUT2D eigenvalue weighted by molar-refractivity contribution is -0.119. The first-order valence-corrected chi connectivity index (χ1v) is 8.28. The maximum absolute atomic E-state index is 12.5. The minimum absolute atomic E-state index is 0.156. The number of nitrogens with zero attached hydrogens (tertiary/aromatic N) is 2. The maximum atomic E-state index is 12.5. The first kappa shape index (κ1) is 14.3. The molecule has 0 saturated carbocycles. The summed E-state index contributed by atoms with van der Waals surface area (Å²) in [7, 11) is 1.85. The Morgan fingerprint density at radius 2 is 2.14 bits per heavy atom. The Balaban J connectivity index is 1.67. The Morgan fingerprint density at radius 3 is 2.86 bits per heavy atom. The second-order valence-electron chi connectivity index (χ2n) is 5.47. The van der Waals surface area contributed by atoms with Crippen LogP contribution in [0.2, 0.25) is 0 Å². The van der Waals surface area contributed by atoms with Crippen molar-refractivity contribution in [2.24, 2.45) is 0 Å². The molecule has 1 fully saturated rings. The van der Waals surface area contributed by atoms with Crippen molar-refractivity contribution in [3.8, 4) is 0 Å². The molecule has 0 bridgehead atoms. The number of amides is 1. The second-order valence-corrected chi connectivity index (χ2v) is 6.25. The van der Waals surface area contributed by atoms with Crippen LogP contribution in [0.3, 0.4) is 0 Å². The summed E-state index contributed by atoms with van der Waals surface area (Å²) in [4.78, 5) is 16.6. The molecule has 4 heteroatoms. The van der Waals surface area contributed by atoms with Crippen LogP contribution in [0.5, 0.6) is 0 Å². The molecule has 3 rings (SSSR count). The Labute approximate surface area is 129 Å². The summed E-state index contributed by atoms with van der Waals surface area (Å²) in [6, 6.07) is 12.4. The van der Waals surface area contributed by atoms with Crippen LogP contribution < -0.4 is 4.90 Å². The van der Waals surface area contributed by atoms with Crippen LogP contribution in [0.4, 0.5) is 5.69 Å². The molecule has 1 atom stereocenters. The molecule has 110 valence electrons. The minimum Gasteiger partial charge on any atom is -0.314 e. The molecular weight excluding hydrogens is 280 g/mol. The van der Waals surface area contributed by atoms with Crippen LogP contribution in [0.15, 0.2) is 47.2 Å². The van der Waals surface area contributed by atoms with Crippen molar-refractivity contribution < 1.29 is 4.79 Å². The van der Waals surface area contributed by atoms with Gasteiger partial charge in [0, 0.05) is 18.8 Å². The van der Waals surface area contributed by atoms with Crippen LogP contribution in [0.25, 0.3) is 0 Å². The quantitative estimate of drug-likeness (QED) is 0.862. The first-order chi connectivity index (χ1) is 10.3. The van der Waals surface area contributed by atoms with Crippen molar-refractivity contribution in [2.45, 2.75) is 18.9 Å². The summed E-state index contributed by atoms with van der Waals surface area (Å²) in [6.45, 7) is 1.50. The molecule has 1 aliphatic heterocycles. The first-order valence-electron chi connectivity index (χ1n) is 7.33. The average molecular weight is 300 g/mol. The standard InChI is InChI=1S/C17H20N2OS/c1-18(15-6-3-2-4-7-15)17(20)12-19-10-5-8-16(19)14-9-11-21-13-14/h2-4,6-7,9,11,13,16H,5,8,10,12H2,1H3/t16-/m0/s1. The summed E-state index contributed by atoms with van der Waals surface area (Å²) >= 11 is 1.73. The van der Waals surface area contributed by atoms with Gasteiger partial charge in [-0.25, -0.2) is 0 Å². The zero-order valence-electron chi connectivity index (χ0n) is 12.2. The van der Waals surface area contributed by atoms with Crippen LogP contribution >= 0.6 is 11.3 Å². The van der Waals surface area contributed by atoms with E-state index in [1.165, 1.54) is 12.0 Å². The zero-order valence-corrected chi connectivity index (χ0v) is 13.1. The number of thiophene rings is 1. The number of likely N-dealkylation sites (N-methyl/N-ethyl adjacent to an activating group) is 1. The number of hydrogen-bond donors (Lipinski definition) is 0. The van der Waals surface area contributed by atoms with Crippen molar-refractivity contribution >= 4 is 22.9 Å². The monoisotopic (exact) mass is 300 g/mol. The van der Waals surface area contributed by atoms with E-state index in [1.807, 2.05) is 37.4 Å². The van der Waals surface area contributed by atoms with Crippen molar-refractivity contribution in [1.82, 2.24) is 4.90 Å². The Kier molecular flexibility index (Phi) is 4.36. The number of likely N-dealkylation sites (tertiary alicyclic amines) is 1. The lowest BCUT2D eigenvalue weighted by Crippen LogP contribution is -2.38. The van der Waals surface area contributed by atoms with Crippen molar-refractivity contribution in [2.75, 3.05) is 25.0 Å². The molecule has 2 aromatic rings. The van der Waals surface area contributed by atoms with E-state index in [2.05, 4.69) is 21.7 Å². The molecule has 1 aromatic heterocycles. The summed E-state index contributed by atoms with van der Waals surface area (Å²) in [5.41, 5.74) is 2.31. The van der Waals surface area contributed by atoms with Crippen molar-refractivity contribution in [3.05, 3.63) is 52.7 Å². The van der Waals surface area contributed by atoms with Gasteiger partial charge >= 0.3 is 0 Å². The minimum atomic E-state index is 0.156. The largest absolute Gasteiger partial charge is 0.314 e. The molecule has 0 spiro atoms. The number of para-hydroxylation sites is 1. The summed E-state index contributed by atoms with van der Waals surface area (Å²) in [5.74, 6) is 0.156. The van der Waals surface area contributed by atoms with Crippen molar-refractivity contribution in [1.29, 1.82) is 0 Å². The van der Waals surface area contributed by atoms with E-state index >= 15 is 0 Å². The highest BCUT2D eigenvalue weighted by atomic mass is 32.1. The van der Waals surface area contributed by atoms with E-state index < -0.39 is 0 Å². The van der Waals surface area contributed by atoms with E-state index in [4.69, 9.17) is 0 Å². The molecule has 21 heavy (non-hydrogen) atoms. The summed E-state index contributed by atoms with van der Waals surface area (Å²) < 4.78 is 0. The van der Waals surface area contributed by atoms with E-state index in [1.54, 1.807) is 16.2 Å². The van der Waals surface area contributed by atoms with Gasteiger partial charge in [-0.15, -0.1) is 0 Å². The smallest absolute Gasteiger partial charge is 0.240 e. The lowest BCUT2D eigenvalue weighted by Gasteiger charge is -2.26. The van der Waals surface area contributed by atoms with Gasteiger partial charge in [-0.05, 0) is 53.9 Å². The third-order valence-electron chi connectivity index (χ3n) is 4.15. The lowest BCUT2D eigenvalue weighted by atomic mass is 10.1. The highest BCUT2D eigenvalue weighted by Crippen LogP contribution is 2.32. The van der Waals surface area contributed by atoms with Crippen LogP contribution in [-0.4, -0.2) is 30.9 Å². The number of benzene rings is 1. The molecule has 0 unspecified atom stereocenters. The molecule has 0 radical (unpaired) electrons. The highest BCUT2D eigenvalue weighted by Gasteiger charge is 2.28. The molecule has 3 nitrogen and oxygen atoms in total. The molecule has 1 aromatic carbocycles. The van der Waals surface area contributed by atoms with Gasteiger partial charge in [0.1, 0.15) is 0 Å². The third kappa shape index (κ3) is 3.17. The molecule has 1 amide bonds. The van der Waals surface area contributed by atoms with E-state index in [0.717, 1.165) is 18.7 Å². The Bertz CT molecular complexity index is 582. The highest BCUT2D eigenvalue weighted by molar-refractivity contribution is 7.07. The third-order valence-corrected chi connectivity index (χ3v) is 4.85. The Hall–Kier alpha value is -1.65. The fourth-order valence-electron chi connectivity index (χ4n) is 2.93. The van der Waals surface area contributed by atoms with Gasteiger partial charge in [0.25, 0.3) is 0 Å². The number of carbonyl (C=O) groups excluding carboxylic acids is 1. The van der Waals surface area contributed by atoms with Gasteiger partial charge in [0.15, 0.2) is 0 Å². The van der Waals surface area contributed by atoms with E-state index in [9.17, 15) is 4.79 Å². The fourth-order valence-corrected chi connectivity index (χ4v) is 3.64. The predicted octanol–water partition coefficient (Wildman–Crippen LogP) is 3.55. The predicted molar refractivity (Wildman–Crippen MR) is 87.7 cm³/mol. The fraction of sp³-hybridized carbons (Fsp3) is 0.353. The molecule has 0 aliphatic carbocycles. The van der Waals surface area contributed by atoms with Gasteiger partial charge in [-0.1, -0.05) is 18.2 Å². The van der Waals surface area contributed by atoms with Gasteiger partial charge in [0.05, 0.1) is 6.54 Å². The van der Waals surface area contributed by atoms with E-state index in [-0.39, 0.29) is 5.91 Å². The molecule has 1 aliphatic rings. The maximum Gasteiger partial charge on any atom is 0.240 e. The number of hydrogen-bond acceptors (Lipinski definition) is 3. The van der Waals surface area contributed by atoms with Gasteiger partial charge in [-0.3, -0.25) is 9.69 Å². The van der Waals surface area contributed by atoms with Crippen molar-refractivity contribution in [3.63, 3.8) is 0 Å². The second kappa shape index (κ2) is 6.41. The van der Waals surface area contributed by atoms with Crippen LogP contribution in [-0.2, 0) is 4.79 Å². The van der Waals surface area contributed by atoms with Crippen LogP contribution in [0, 0.1) is 0 Å². The van der Waals surface area contributed by atoms with E-state index in [0.29, 0.717) is 12.6 Å². The molecule has 0 N–H and O–H groups in total. The Morgan fingerprint density at radius 1 is 1.33 bits per heavy atom. The summed E-state index contributed by atoms with van der Waals surface area (Å²) in [6.07, 6.45) is 2.32. The van der Waals surface area contributed by atoms with Crippen LogP contribution in [0.1, 0.15) is 24.4 Å². The normalized spacial score (nSPS) is 18.8. The van der Waals surface area contributed by atoms with Gasteiger partial charge in [-0.2, -0.15) is 11.3 Å². The zero-order chi connectivity index (χ0) is 14.7. The SMILES string of the molecule is CN(C(=O)CN1CCC[C@H]1c1ccsc1)c1ccccc1. The molecule has 2 heterocycles. The number of rotatable bonds is 4. The number of anilines is 1. The molecular formula is C17H20N2OS. The van der Waals surface area contributed by atoms with Gasteiger partial charge in [0.2, 0.25) is 5.91 Å². The summed E-state index contributed by atoms with van der Waals surface area (Å²) in [5, 5.41) is 4.32. The molecule has 1 saturated heterocycles. The number of carbonyl (C=O) groups is 1. The topological polar surface area (TPSA) is 23.6 Å².